The molecule has 2 unspecified atom stereocenters. The summed E-state index contributed by atoms with van der Waals surface area (Å²) >= 11 is 0. The molecule has 3 atom stereocenters. The van der Waals surface area contributed by atoms with Gasteiger partial charge in [0.25, 0.3) is 0 Å². The van der Waals surface area contributed by atoms with E-state index >= 15 is 0 Å². The molecule has 2 amide bonds. The Labute approximate surface area is 102 Å². The number of rotatable bonds is 4. The minimum atomic E-state index is -1.02. The van der Waals surface area contributed by atoms with Gasteiger partial charge in [-0.2, -0.15) is 0 Å². The van der Waals surface area contributed by atoms with Crippen LogP contribution in [0.5, 0.6) is 0 Å². The van der Waals surface area contributed by atoms with Crippen molar-refractivity contribution in [3.05, 3.63) is 0 Å². The van der Waals surface area contributed by atoms with Gasteiger partial charge in [-0.05, 0) is 31.6 Å². The molecule has 0 bridgehead atoms. The van der Waals surface area contributed by atoms with E-state index in [0.29, 0.717) is 12.5 Å². The SMILES string of the molecule is CC1CCCC(CNC(=O)N[C@@H](C)C(=O)O)C1. The number of amides is 2. The Morgan fingerprint density at radius 3 is 2.71 bits per heavy atom. The summed E-state index contributed by atoms with van der Waals surface area (Å²) in [5, 5.41) is 13.8. The van der Waals surface area contributed by atoms with Crippen molar-refractivity contribution in [2.45, 2.75) is 45.6 Å². The van der Waals surface area contributed by atoms with Crippen LogP contribution in [0.4, 0.5) is 4.79 Å². The predicted molar refractivity (Wildman–Crippen MR) is 64.8 cm³/mol. The number of carboxylic acids is 1. The van der Waals surface area contributed by atoms with Gasteiger partial charge >= 0.3 is 12.0 Å². The molecule has 5 nitrogen and oxygen atoms in total. The van der Waals surface area contributed by atoms with Crippen LogP contribution >= 0.6 is 0 Å². The highest BCUT2D eigenvalue weighted by Gasteiger charge is 2.20. The standard InChI is InChI=1S/C12H22N2O3/c1-8-4-3-5-10(6-8)7-13-12(17)14-9(2)11(15)16/h8-10H,3-7H2,1-2H3,(H,15,16)(H2,13,14,17)/t8?,9-,10?/m0/s1. The number of carboxylic acid groups (broad SMARTS) is 1. The number of carbonyl (C=O) groups is 2. The number of carbonyl (C=O) groups excluding carboxylic acids is 1. The molecular weight excluding hydrogens is 220 g/mol. The Balaban J connectivity index is 2.21. The maximum Gasteiger partial charge on any atom is 0.325 e. The van der Waals surface area contributed by atoms with E-state index < -0.39 is 18.0 Å². The monoisotopic (exact) mass is 242 g/mol. The first-order valence-electron chi connectivity index (χ1n) is 6.26. The fourth-order valence-corrected chi connectivity index (χ4v) is 2.29. The third kappa shape index (κ3) is 5.06. The van der Waals surface area contributed by atoms with Gasteiger partial charge in [-0.15, -0.1) is 0 Å². The minimum Gasteiger partial charge on any atom is -0.480 e. The van der Waals surface area contributed by atoms with E-state index in [-0.39, 0.29) is 0 Å². The topological polar surface area (TPSA) is 78.4 Å². The van der Waals surface area contributed by atoms with Crippen LogP contribution < -0.4 is 10.6 Å². The molecule has 0 aromatic rings. The largest absolute Gasteiger partial charge is 0.480 e. The summed E-state index contributed by atoms with van der Waals surface area (Å²) in [4.78, 5) is 21.9. The lowest BCUT2D eigenvalue weighted by Gasteiger charge is -2.26. The first-order valence-corrected chi connectivity index (χ1v) is 6.26. The molecule has 1 rings (SSSR count). The lowest BCUT2D eigenvalue weighted by Crippen LogP contribution is -2.45. The van der Waals surface area contributed by atoms with Gasteiger partial charge in [0.15, 0.2) is 0 Å². The number of urea groups is 1. The van der Waals surface area contributed by atoms with Gasteiger partial charge in [0.1, 0.15) is 6.04 Å². The van der Waals surface area contributed by atoms with E-state index in [2.05, 4.69) is 17.6 Å². The molecule has 1 saturated carbocycles. The summed E-state index contributed by atoms with van der Waals surface area (Å²) in [5.74, 6) is 0.243. The zero-order valence-corrected chi connectivity index (χ0v) is 10.5. The van der Waals surface area contributed by atoms with E-state index in [9.17, 15) is 9.59 Å². The van der Waals surface area contributed by atoms with Crippen molar-refractivity contribution in [2.75, 3.05) is 6.54 Å². The quantitative estimate of drug-likeness (QED) is 0.700. The summed E-state index contributed by atoms with van der Waals surface area (Å²) in [6.45, 7) is 4.33. The highest BCUT2D eigenvalue weighted by atomic mass is 16.4. The summed E-state index contributed by atoms with van der Waals surface area (Å²) in [6.07, 6.45) is 4.80. The van der Waals surface area contributed by atoms with Gasteiger partial charge in [-0.3, -0.25) is 4.79 Å². The van der Waals surface area contributed by atoms with Crippen molar-refractivity contribution in [1.82, 2.24) is 10.6 Å². The molecule has 5 heteroatoms. The van der Waals surface area contributed by atoms with Crippen molar-refractivity contribution in [3.8, 4) is 0 Å². The molecule has 1 aliphatic carbocycles. The first kappa shape index (κ1) is 13.8. The number of aliphatic carboxylic acids is 1. The maximum atomic E-state index is 11.4. The fourth-order valence-electron chi connectivity index (χ4n) is 2.29. The van der Waals surface area contributed by atoms with Gasteiger partial charge in [-0.25, -0.2) is 4.79 Å². The van der Waals surface area contributed by atoms with Crippen LogP contribution in [0.15, 0.2) is 0 Å². The Kier molecular flexibility index (Phi) is 5.25. The summed E-state index contributed by atoms with van der Waals surface area (Å²) in [7, 11) is 0. The Hall–Kier alpha value is -1.26. The van der Waals surface area contributed by atoms with Gasteiger partial charge in [-0.1, -0.05) is 19.8 Å². The van der Waals surface area contributed by atoms with E-state index in [4.69, 9.17) is 5.11 Å². The van der Waals surface area contributed by atoms with Crippen LogP contribution in [0.2, 0.25) is 0 Å². The molecule has 0 saturated heterocycles. The van der Waals surface area contributed by atoms with Gasteiger partial charge in [0, 0.05) is 6.54 Å². The normalized spacial score (nSPS) is 26.0. The van der Waals surface area contributed by atoms with Crippen molar-refractivity contribution in [3.63, 3.8) is 0 Å². The van der Waals surface area contributed by atoms with E-state index in [0.717, 1.165) is 18.8 Å². The van der Waals surface area contributed by atoms with Crippen molar-refractivity contribution >= 4 is 12.0 Å². The Morgan fingerprint density at radius 2 is 2.12 bits per heavy atom. The molecule has 0 heterocycles. The molecule has 0 aromatic heterocycles. The van der Waals surface area contributed by atoms with Crippen molar-refractivity contribution in [1.29, 1.82) is 0 Å². The number of nitrogens with one attached hydrogen (secondary N) is 2. The van der Waals surface area contributed by atoms with Gasteiger partial charge < -0.3 is 15.7 Å². The second-order valence-electron chi connectivity index (χ2n) is 5.05. The number of hydrogen-bond donors (Lipinski definition) is 3. The highest BCUT2D eigenvalue weighted by molar-refractivity contribution is 5.82. The van der Waals surface area contributed by atoms with Crippen molar-refractivity contribution < 1.29 is 14.7 Å². The third-order valence-electron chi connectivity index (χ3n) is 3.31. The van der Waals surface area contributed by atoms with Crippen LogP contribution in [0, 0.1) is 11.8 Å². The van der Waals surface area contributed by atoms with Crippen LogP contribution in [0.3, 0.4) is 0 Å². The number of hydrogen-bond acceptors (Lipinski definition) is 2. The molecule has 1 aliphatic rings. The molecule has 0 radical (unpaired) electrons. The average molecular weight is 242 g/mol. The minimum absolute atomic E-state index is 0.391. The zero-order chi connectivity index (χ0) is 12.8. The fraction of sp³-hybridized carbons (Fsp3) is 0.833. The zero-order valence-electron chi connectivity index (χ0n) is 10.5. The van der Waals surface area contributed by atoms with Gasteiger partial charge in [0.2, 0.25) is 0 Å². The molecule has 1 fully saturated rings. The van der Waals surface area contributed by atoms with Gasteiger partial charge in [0.05, 0.1) is 0 Å². The van der Waals surface area contributed by atoms with Crippen LogP contribution in [0.25, 0.3) is 0 Å². The predicted octanol–water partition coefficient (Wildman–Crippen LogP) is 1.58. The van der Waals surface area contributed by atoms with Crippen LogP contribution in [-0.2, 0) is 4.79 Å². The maximum absolute atomic E-state index is 11.4. The molecular formula is C12H22N2O3. The third-order valence-corrected chi connectivity index (χ3v) is 3.31. The first-order chi connectivity index (χ1) is 7.99. The molecule has 0 aromatic carbocycles. The molecule has 3 N–H and O–H groups in total. The summed E-state index contributed by atoms with van der Waals surface area (Å²) in [6, 6.07) is -1.24. The summed E-state index contributed by atoms with van der Waals surface area (Å²) < 4.78 is 0. The molecule has 17 heavy (non-hydrogen) atoms. The van der Waals surface area contributed by atoms with Crippen molar-refractivity contribution in [2.24, 2.45) is 11.8 Å². The van der Waals surface area contributed by atoms with E-state index in [1.807, 2.05) is 0 Å². The van der Waals surface area contributed by atoms with Crippen LogP contribution in [0.1, 0.15) is 39.5 Å². The lowest BCUT2D eigenvalue weighted by atomic mass is 9.82. The molecule has 0 aliphatic heterocycles. The lowest BCUT2D eigenvalue weighted by molar-refractivity contribution is -0.138. The second kappa shape index (κ2) is 6.47. The molecule has 0 spiro atoms. The van der Waals surface area contributed by atoms with E-state index in [1.54, 1.807) is 0 Å². The Bertz CT molecular complexity index is 281. The van der Waals surface area contributed by atoms with E-state index in [1.165, 1.54) is 19.8 Å². The Morgan fingerprint density at radius 1 is 1.41 bits per heavy atom. The summed E-state index contributed by atoms with van der Waals surface area (Å²) in [5.41, 5.74) is 0. The average Bonchev–Trinajstić information content (AvgIpc) is 2.26. The second-order valence-corrected chi connectivity index (χ2v) is 5.05. The molecule has 98 valence electrons. The van der Waals surface area contributed by atoms with Crippen LogP contribution in [-0.4, -0.2) is 29.7 Å². The smallest absolute Gasteiger partial charge is 0.325 e. The highest BCUT2D eigenvalue weighted by Crippen LogP contribution is 2.27.